The molecule has 0 spiro atoms. The van der Waals surface area contributed by atoms with Gasteiger partial charge in [0.25, 0.3) is 0 Å². The van der Waals surface area contributed by atoms with Gasteiger partial charge in [0, 0.05) is 24.5 Å². The van der Waals surface area contributed by atoms with Gasteiger partial charge >= 0.3 is 0 Å². The van der Waals surface area contributed by atoms with Crippen LogP contribution in [0.4, 0.5) is 0 Å². The fourth-order valence-corrected chi connectivity index (χ4v) is 4.86. The summed E-state index contributed by atoms with van der Waals surface area (Å²) >= 11 is 1.80. The highest BCUT2D eigenvalue weighted by molar-refractivity contribution is 14.0. The monoisotopic (exact) mass is 571 g/mol. The van der Waals surface area contributed by atoms with E-state index in [-0.39, 0.29) is 29.7 Å². The molecule has 1 unspecified atom stereocenters. The Balaban J connectivity index is 0.00000450. The Hall–Kier alpha value is -0.430. The van der Waals surface area contributed by atoms with Crippen molar-refractivity contribution in [1.82, 2.24) is 20.3 Å². The van der Waals surface area contributed by atoms with Crippen molar-refractivity contribution in [2.75, 3.05) is 45.0 Å². The third kappa shape index (κ3) is 9.80. The van der Waals surface area contributed by atoms with Crippen molar-refractivity contribution in [3.05, 3.63) is 22.4 Å². The van der Waals surface area contributed by atoms with Gasteiger partial charge in [0.15, 0.2) is 5.96 Å². The lowest BCUT2D eigenvalue weighted by Crippen LogP contribution is -2.41. The molecule has 1 fully saturated rings. The molecule has 10 heteroatoms. The van der Waals surface area contributed by atoms with Crippen LogP contribution in [0.5, 0.6) is 0 Å². The maximum absolute atomic E-state index is 11.5. The highest BCUT2D eigenvalue weighted by Gasteiger charge is 2.25. The van der Waals surface area contributed by atoms with Crippen LogP contribution >= 0.6 is 35.3 Å². The first-order chi connectivity index (χ1) is 13.9. The van der Waals surface area contributed by atoms with Gasteiger partial charge in [-0.3, -0.25) is 9.89 Å². The molecule has 1 atom stereocenters. The third-order valence-electron chi connectivity index (χ3n) is 5.25. The number of nitrogens with one attached hydrogen (secondary N) is 3. The van der Waals surface area contributed by atoms with E-state index in [1.165, 1.54) is 17.7 Å². The van der Waals surface area contributed by atoms with Crippen LogP contribution in [-0.4, -0.2) is 64.3 Å². The van der Waals surface area contributed by atoms with Crippen LogP contribution in [0.2, 0.25) is 0 Å². The predicted molar refractivity (Wildman–Crippen MR) is 139 cm³/mol. The quantitative estimate of drug-likeness (QED) is 0.165. The second-order valence-electron chi connectivity index (χ2n) is 7.55. The van der Waals surface area contributed by atoms with Gasteiger partial charge in [-0.2, -0.15) is 0 Å². The van der Waals surface area contributed by atoms with E-state index in [4.69, 9.17) is 4.99 Å². The largest absolute Gasteiger partial charge is 0.357 e. The second-order valence-corrected chi connectivity index (χ2v) is 10.6. The Labute approximate surface area is 203 Å². The van der Waals surface area contributed by atoms with Crippen molar-refractivity contribution in [1.29, 1.82) is 0 Å². The fraction of sp³-hybridized carbons (Fsp3) is 0.750. The Morgan fingerprint density at radius 3 is 2.60 bits per heavy atom. The van der Waals surface area contributed by atoms with Crippen molar-refractivity contribution in [2.45, 2.75) is 46.1 Å². The van der Waals surface area contributed by atoms with E-state index in [2.05, 4.69) is 51.6 Å². The second kappa shape index (κ2) is 14.6. The lowest BCUT2D eigenvalue weighted by atomic mass is 9.97. The van der Waals surface area contributed by atoms with Crippen LogP contribution in [0.3, 0.4) is 0 Å². The van der Waals surface area contributed by atoms with Crippen molar-refractivity contribution < 1.29 is 8.42 Å². The molecule has 0 bridgehead atoms. The van der Waals surface area contributed by atoms with Crippen LogP contribution in [0.15, 0.2) is 22.5 Å². The van der Waals surface area contributed by atoms with E-state index in [1.807, 2.05) is 0 Å². The van der Waals surface area contributed by atoms with Crippen LogP contribution in [0.25, 0.3) is 0 Å². The SMILES string of the molecule is CCNC(=NCC(c1cccs1)N1CCC(C)CC1)NCCCNS(=O)(=O)CC.I. The highest BCUT2D eigenvalue weighted by Crippen LogP contribution is 2.29. The van der Waals surface area contributed by atoms with E-state index < -0.39 is 10.0 Å². The smallest absolute Gasteiger partial charge is 0.211 e. The molecule has 3 N–H and O–H groups in total. The molecule has 1 saturated heterocycles. The lowest BCUT2D eigenvalue weighted by molar-refractivity contribution is 0.143. The summed E-state index contributed by atoms with van der Waals surface area (Å²) in [5.74, 6) is 1.71. The molecule has 1 aliphatic rings. The molecular weight excluding hydrogens is 533 g/mol. The Kier molecular flexibility index (Phi) is 13.4. The van der Waals surface area contributed by atoms with Gasteiger partial charge in [-0.25, -0.2) is 13.1 Å². The van der Waals surface area contributed by atoms with Gasteiger partial charge in [0.05, 0.1) is 18.3 Å². The Morgan fingerprint density at radius 1 is 1.27 bits per heavy atom. The number of thiophene rings is 1. The summed E-state index contributed by atoms with van der Waals surface area (Å²) in [5, 5.41) is 8.76. The minimum atomic E-state index is -3.12. The number of guanidine groups is 1. The van der Waals surface area contributed by atoms with E-state index in [1.54, 1.807) is 18.3 Å². The van der Waals surface area contributed by atoms with Gasteiger partial charge in [0.2, 0.25) is 10.0 Å². The molecule has 7 nitrogen and oxygen atoms in total. The van der Waals surface area contributed by atoms with Crippen LogP contribution in [-0.2, 0) is 10.0 Å². The number of likely N-dealkylation sites (tertiary alicyclic amines) is 1. The van der Waals surface area contributed by atoms with Gasteiger partial charge in [-0.05, 0) is 63.6 Å². The molecule has 0 saturated carbocycles. The zero-order valence-electron chi connectivity index (χ0n) is 18.4. The number of nitrogens with zero attached hydrogens (tertiary/aromatic N) is 2. The molecule has 174 valence electrons. The van der Waals surface area contributed by atoms with Crippen molar-refractivity contribution in [3.8, 4) is 0 Å². The number of halogens is 1. The first kappa shape index (κ1) is 27.6. The van der Waals surface area contributed by atoms with E-state index in [0.29, 0.717) is 32.1 Å². The van der Waals surface area contributed by atoms with Crippen LogP contribution < -0.4 is 15.4 Å². The van der Waals surface area contributed by atoms with Crippen LogP contribution in [0.1, 0.15) is 51.0 Å². The molecule has 2 rings (SSSR count). The summed E-state index contributed by atoms with van der Waals surface area (Å²) in [6.07, 6.45) is 3.21. The van der Waals surface area contributed by atoms with Gasteiger partial charge in [-0.1, -0.05) is 13.0 Å². The number of rotatable bonds is 11. The standard InChI is InChI=1S/C20H37N5O2S2.HI/c1-4-21-20(22-11-7-12-24-29(26,27)5-2)23-16-18(19-8-6-15-28-19)25-13-9-17(3)10-14-25;/h6,8,15,17-18,24H,4-5,7,9-14,16H2,1-3H3,(H2,21,22,23);1H. The summed E-state index contributed by atoms with van der Waals surface area (Å²) in [6, 6.07) is 4.64. The summed E-state index contributed by atoms with van der Waals surface area (Å²) < 4.78 is 25.6. The Morgan fingerprint density at radius 2 is 2.00 bits per heavy atom. The number of sulfonamides is 1. The molecule has 1 aliphatic heterocycles. The third-order valence-corrected chi connectivity index (χ3v) is 7.62. The minimum absolute atomic E-state index is 0. The minimum Gasteiger partial charge on any atom is -0.357 e. The normalized spacial score (nSPS) is 17.4. The highest BCUT2D eigenvalue weighted by atomic mass is 127. The first-order valence-electron chi connectivity index (χ1n) is 10.7. The molecule has 0 aromatic carbocycles. The molecule has 2 heterocycles. The van der Waals surface area contributed by atoms with Gasteiger partial charge in [0.1, 0.15) is 0 Å². The van der Waals surface area contributed by atoms with Gasteiger partial charge in [-0.15, -0.1) is 35.3 Å². The van der Waals surface area contributed by atoms with Crippen molar-refractivity contribution in [3.63, 3.8) is 0 Å². The molecule has 0 aliphatic carbocycles. The maximum atomic E-state index is 11.5. The van der Waals surface area contributed by atoms with Crippen LogP contribution in [0, 0.1) is 5.92 Å². The molecular formula is C20H38IN5O2S2. The molecule has 30 heavy (non-hydrogen) atoms. The number of hydrogen-bond acceptors (Lipinski definition) is 5. The topological polar surface area (TPSA) is 85.8 Å². The fourth-order valence-electron chi connectivity index (χ4n) is 3.35. The van der Waals surface area contributed by atoms with Crippen molar-refractivity contribution >= 4 is 51.3 Å². The van der Waals surface area contributed by atoms with E-state index in [0.717, 1.165) is 31.5 Å². The predicted octanol–water partition coefficient (Wildman–Crippen LogP) is 3.02. The zero-order valence-corrected chi connectivity index (χ0v) is 22.4. The number of hydrogen-bond donors (Lipinski definition) is 3. The Bertz CT molecular complexity index is 705. The molecule has 1 aromatic heterocycles. The number of piperidine rings is 1. The van der Waals surface area contributed by atoms with Gasteiger partial charge < -0.3 is 10.6 Å². The molecule has 0 amide bonds. The van der Waals surface area contributed by atoms with E-state index in [9.17, 15) is 8.42 Å². The molecule has 0 radical (unpaired) electrons. The summed E-state index contributed by atoms with van der Waals surface area (Å²) in [5.41, 5.74) is 0. The lowest BCUT2D eigenvalue weighted by Gasteiger charge is -2.35. The van der Waals surface area contributed by atoms with Crippen molar-refractivity contribution in [2.24, 2.45) is 10.9 Å². The average Bonchev–Trinajstić information content (AvgIpc) is 3.23. The maximum Gasteiger partial charge on any atom is 0.211 e. The summed E-state index contributed by atoms with van der Waals surface area (Å²) in [6.45, 7) is 10.9. The summed E-state index contributed by atoms with van der Waals surface area (Å²) in [4.78, 5) is 8.78. The zero-order chi connectivity index (χ0) is 21.1. The average molecular weight is 572 g/mol. The van der Waals surface area contributed by atoms with E-state index >= 15 is 0 Å². The number of aliphatic imine (C=N–C) groups is 1. The molecule has 1 aromatic rings. The summed E-state index contributed by atoms with van der Waals surface area (Å²) in [7, 11) is -3.12. The first-order valence-corrected chi connectivity index (χ1v) is 13.2.